The van der Waals surface area contributed by atoms with Crippen molar-refractivity contribution in [3.63, 3.8) is 0 Å². The Bertz CT molecular complexity index is 594. The zero-order valence-corrected chi connectivity index (χ0v) is 14.0. The highest BCUT2D eigenvalue weighted by Crippen LogP contribution is 2.41. The van der Waals surface area contributed by atoms with Crippen LogP contribution in [-0.4, -0.2) is 11.5 Å². The first kappa shape index (κ1) is 14.7. The van der Waals surface area contributed by atoms with Crippen molar-refractivity contribution >= 4 is 11.3 Å². The van der Waals surface area contributed by atoms with E-state index in [0.717, 1.165) is 24.6 Å². The predicted molar refractivity (Wildman–Crippen MR) is 90.1 cm³/mol. The highest BCUT2D eigenvalue weighted by molar-refractivity contribution is 7.11. The molecule has 0 amide bonds. The minimum absolute atomic E-state index is 0.237. The maximum Gasteiger partial charge on any atom is 0.115 e. The van der Waals surface area contributed by atoms with E-state index in [1.165, 1.54) is 33.9 Å². The van der Waals surface area contributed by atoms with Crippen molar-refractivity contribution in [3.8, 4) is 0 Å². The molecule has 21 heavy (non-hydrogen) atoms. The van der Waals surface area contributed by atoms with Gasteiger partial charge in [0, 0.05) is 4.88 Å². The van der Waals surface area contributed by atoms with E-state index < -0.39 is 0 Å². The van der Waals surface area contributed by atoms with Gasteiger partial charge in [-0.25, -0.2) is 4.98 Å². The molecule has 1 saturated carbocycles. The number of hydrogen-bond acceptors (Lipinski definition) is 3. The minimum atomic E-state index is 0.237. The SMILES string of the molecule is CCCNC(c1cccc(C2CC2)c1)c1nc(C)c(C)s1. The smallest absolute Gasteiger partial charge is 0.115 e. The van der Waals surface area contributed by atoms with E-state index in [4.69, 9.17) is 4.98 Å². The van der Waals surface area contributed by atoms with Crippen LogP contribution in [0.1, 0.15) is 64.9 Å². The highest BCUT2D eigenvalue weighted by atomic mass is 32.1. The molecule has 112 valence electrons. The molecule has 0 spiro atoms. The van der Waals surface area contributed by atoms with Crippen molar-refractivity contribution in [2.45, 2.75) is 52.0 Å². The Labute approximate surface area is 131 Å². The second-order valence-corrected chi connectivity index (χ2v) is 7.26. The van der Waals surface area contributed by atoms with Gasteiger partial charge in [0.25, 0.3) is 0 Å². The molecular weight excluding hydrogens is 276 g/mol. The van der Waals surface area contributed by atoms with Gasteiger partial charge in [0.15, 0.2) is 0 Å². The van der Waals surface area contributed by atoms with Gasteiger partial charge in [0.05, 0.1) is 11.7 Å². The lowest BCUT2D eigenvalue weighted by Crippen LogP contribution is -2.23. The molecule has 2 nitrogen and oxygen atoms in total. The molecule has 1 atom stereocenters. The summed E-state index contributed by atoms with van der Waals surface area (Å²) in [6.07, 6.45) is 3.85. The molecule has 1 aliphatic carbocycles. The topological polar surface area (TPSA) is 24.9 Å². The molecule has 1 aromatic carbocycles. The second-order valence-electron chi connectivity index (χ2n) is 6.03. The molecule has 1 heterocycles. The number of nitrogens with one attached hydrogen (secondary N) is 1. The molecule has 1 aromatic heterocycles. The minimum Gasteiger partial charge on any atom is -0.304 e. The number of thiazole rings is 1. The van der Waals surface area contributed by atoms with Crippen molar-refractivity contribution in [2.24, 2.45) is 0 Å². The average molecular weight is 300 g/mol. The number of aryl methyl sites for hydroxylation is 2. The van der Waals surface area contributed by atoms with E-state index >= 15 is 0 Å². The van der Waals surface area contributed by atoms with Crippen molar-refractivity contribution in [3.05, 3.63) is 51.0 Å². The van der Waals surface area contributed by atoms with E-state index in [1.807, 2.05) is 11.3 Å². The summed E-state index contributed by atoms with van der Waals surface area (Å²) in [5.41, 5.74) is 4.03. The van der Waals surface area contributed by atoms with Crippen LogP contribution in [0.3, 0.4) is 0 Å². The maximum absolute atomic E-state index is 4.79. The van der Waals surface area contributed by atoms with Crippen molar-refractivity contribution in [1.82, 2.24) is 10.3 Å². The third-order valence-electron chi connectivity index (χ3n) is 4.18. The Morgan fingerprint density at radius 3 is 2.76 bits per heavy atom. The molecule has 3 heteroatoms. The van der Waals surface area contributed by atoms with Gasteiger partial charge < -0.3 is 5.32 Å². The van der Waals surface area contributed by atoms with Crippen molar-refractivity contribution in [1.29, 1.82) is 0 Å². The largest absolute Gasteiger partial charge is 0.304 e. The van der Waals surface area contributed by atoms with E-state index in [-0.39, 0.29) is 6.04 Å². The van der Waals surface area contributed by atoms with Gasteiger partial charge in [-0.05, 0) is 56.7 Å². The van der Waals surface area contributed by atoms with E-state index in [9.17, 15) is 0 Å². The summed E-state index contributed by atoms with van der Waals surface area (Å²) in [5.74, 6) is 0.802. The molecule has 0 bridgehead atoms. The van der Waals surface area contributed by atoms with Crippen LogP contribution in [0.25, 0.3) is 0 Å². The van der Waals surface area contributed by atoms with Crippen molar-refractivity contribution < 1.29 is 0 Å². The Morgan fingerprint density at radius 2 is 2.14 bits per heavy atom. The molecule has 3 rings (SSSR count). The number of benzene rings is 1. The lowest BCUT2D eigenvalue weighted by Gasteiger charge is -2.17. The fraction of sp³-hybridized carbons (Fsp3) is 0.500. The quantitative estimate of drug-likeness (QED) is 0.834. The van der Waals surface area contributed by atoms with Gasteiger partial charge in [-0.15, -0.1) is 11.3 Å². The summed E-state index contributed by atoms with van der Waals surface area (Å²) in [7, 11) is 0. The van der Waals surface area contributed by atoms with Gasteiger partial charge in [0.2, 0.25) is 0 Å². The van der Waals surface area contributed by atoms with Gasteiger partial charge >= 0.3 is 0 Å². The molecule has 0 saturated heterocycles. The van der Waals surface area contributed by atoms with Crippen LogP contribution in [0.2, 0.25) is 0 Å². The second kappa shape index (κ2) is 6.29. The monoisotopic (exact) mass is 300 g/mol. The van der Waals surface area contributed by atoms with Crippen LogP contribution in [-0.2, 0) is 0 Å². The Morgan fingerprint density at radius 1 is 1.33 bits per heavy atom. The van der Waals surface area contributed by atoms with E-state index in [0.29, 0.717) is 0 Å². The van der Waals surface area contributed by atoms with Crippen LogP contribution in [0, 0.1) is 13.8 Å². The first-order valence-corrected chi connectivity index (χ1v) is 8.78. The fourth-order valence-corrected chi connectivity index (χ4v) is 3.69. The van der Waals surface area contributed by atoms with Crippen LogP contribution in [0.4, 0.5) is 0 Å². The molecule has 0 aliphatic heterocycles. The normalized spacial score (nSPS) is 16.1. The standard InChI is InChI=1S/C18H24N2S/c1-4-10-19-17(18-20-12(2)13(3)21-18)16-7-5-6-15(11-16)14-8-9-14/h5-7,11,14,17,19H,4,8-10H2,1-3H3. The Kier molecular flexibility index (Phi) is 4.41. The predicted octanol–water partition coefficient (Wildman–Crippen LogP) is 4.73. The zero-order chi connectivity index (χ0) is 14.8. The molecule has 1 N–H and O–H groups in total. The number of aromatic nitrogens is 1. The average Bonchev–Trinajstić information content (AvgIpc) is 3.27. The Hall–Kier alpha value is -1.19. The number of rotatable bonds is 6. The molecular formula is C18H24N2S. The zero-order valence-electron chi connectivity index (χ0n) is 13.1. The van der Waals surface area contributed by atoms with Gasteiger partial charge in [-0.1, -0.05) is 31.2 Å². The Balaban J connectivity index is 1.92. The first-order valence-electron chi connectivity index (χ1n) is 7.96. The van der Waals surface area contributed by atoms with Gasteiger partial charge in [-0.3, -0.25) is 0 Å². The van der Waals surface area contributed by atoms with E-state index in [1.54, 1.807) is 0 Å². The summed E-state index contributed by atoms with van der Waals surface area (Å²) in [6.45, 7) is 7.50. The highest BCUT2D eigenvalue weighted by Gasteiger charge is 2.25. The molecule has 0 radical (unpaired) electrons. The summed E-state index contributed by atoms with van der Waals surface area (Å²) in [6, 6.07) is 9.34. The summed E-state index contributed by atoms with van der Waals surface area (Å²) < 4.78 is 0. The number of nitrogens with zero attached hydrogens (tertiary/aromatic N) is 1. The van der Waals surface area contributed by atoms with Gasteiger partial charge in [0.1, 0.15) is 5.01 Å². The number of hydrogen-bond donors (Lipinski definition) is 1. The van der Waals surface area contributed by atoms with Crippen LogP contribution < -0.4 is 5.32 Å². The fourth-order valence-electron chi connectivity index (χ4n) is 2.67. The molecule has 1 fully saturated rings. The summed E-state index contributed by atoms with van der Waals surface area (Å²) >= 11 is 1.82. The summed E-state index contributed by atoms with van der Waals surface area (Å²) in [4.78, 5) is 6.11. The van der Waals surface area contributed by atoms with Crippen molar-refractivity contribution in [2.75, 3.05) is 6.54 Å². The molecule has 1 unspecified atom stereocenters. The van der Waals surface area contributed by atoms with Crippen LogP contribution in [0.15, 0.2) is 24.3 Å². The lowest BCUT2D eigenvalue weighted by atomic mass is 10.0. The third kappa shape index (κ3) is 3.35. The summed E-state index contributed by atoms with van der Waals surface area (Å²) in [5, 5.41) is 4.88. The molecule has 2 aromatic rings. The molecule has 1 aliphatic rings. The first-order chi connectivity index (χ1) is 10.2. The van der Waals surface area contributed by atoms with Crippen LogP contribution in [0.5, 0.6) is 0 Å². The van der Waals surface area contributed by atoms with E-state index in [2.05, 4.69) is 50.4 Å². The van der Waals surface area contributed by atoms with Gasteiger partial charge in [-0.2, -0.15) is 0 Å². The maximum atomic E-state index is 4.79. The lowest BCUT2D eigenvalue weighted by molar-refractivity contribution is 0.594. The van der Waals surface area contributed by atoms with Crippen LogP contribution >= 0.6 is 11.3 Å². The third-order valence-corrected chi connectivity index (χ3v) is 5.32.